The topological polar surface area (TPSA) is 93.7 Å². The zero-order chi connectivity index (χ0) is 22.7. The molecule has 0 bridgehead atoms. The van der Waals surface area contributed by atoms with Crippen LogP contribution in [0.1, 0.15) is 38.2 Å². The number of cyclic esters (lactones) is 2. The number of allylic oxidation sites excluding steroid dienone is 2. The molecule has 1 heterocycles. The fourth-order valence-electron chi connectivity index (χ4n) is 3.76. The normalized spacial score (nSPS) is 20.1. The fraction of sp³-hybridized carbons (Fsp3) is 0.240. The van der Waals surface area contributed by atoms with E-state index in [1.54, 1.807) is 12.1 Å². The van der Waals surface area contributed by atoms with Crippen molar-refractivity contribution in [2.24, 2.45) is 0 Å². The number of benzene rings is 2. The molecule has 1 aliphatic carbocycles. The molecule has 0 saturated carbocycles. The SMILES string of the molecule is CC1(C)OC(=O)C(=CNc2ccccc2NC2=CC(=O)CC(c3ccccc3)C2)C(=O)O1. The molecule has 1 aliphatic heterocycles. The Morgan fingerprint density at radius 3 is 2.19 bits per heavy atom. The summed E-state index contributed by atoms with van der Waals surface area (Å²) in [6.45, 7) is 2.99. The molecule has 1 fully saturated rings. The molecule has 1 saturated heterocycles. The number of carbonyl (C=O) groups excluding carboxylic acids is 3. The molecule has 2 aliphatic rings. The summed E-state index contributed by atoms with van der Waals surface area (Å²) in [6.07, 6.45) is 4.07. The van der Waals surface area contributed by atoms with E-state index >= 15 is 0 Å². The highest BCUT2D eigenvalue weighted by molar-refractivity contribution is 6.15. The summed E-state index contributed by atoms with van der Waals surface area (Å²) in [5.41, 5.74) is 3.03. The number of carbonyl (C=O) groups is 3. The van der Waals surface area contributed by atoms with E-state index in [2.05, 4.69) is 10.6 Å². The lowest BCUT2D eigenvalue weighted by molar-refractivity contribution is -0.222. The van der Waals surface area contributed by atoms with Gasteiger partial charge in [-0.3, -0.25) is 4.79 Å². The van der Waals surface area contributed by atoms with Crippen molar-refractivity contribution in [3.8, 4) is 0 Å². The number of esters is 2. The number of para-hydroxylation sites is 2. The molecule has 2 aromatic rings. The van der Waals surface area contributed by atoms with Gasteiger partial charge in [0.1, 0.15) is 0 Å². The average Bonchev–Trinajstić information content (AvgIpc) is 2.73. The maximum Gasteiger partial charge on any atom is 0.350 e. The summed E-state index contributed by atoms with van der Waals surface area (Å²) in [5.74, 6) is -2.63. The largest absolute Gasteiger partial charge is 0.419 e. The first-order chi connectivity index (χ1) is 15.3. The van der Waals surface area contributed by atoms with Crippen LogP contribution in [0, 0.1) is 0 Å². The molecule has 0 amide bonds. The Kier molecular flexibility index (Phi) is 5.81. The van der Waals surface area contributed by atoms with Gasteiger partial charge in [-0.05, 0) is 30.0 Å². The first-order valence-corrected chi connectivity index (χ1v) is 10.4. The van der Waals surface area contributed by atoms with Gasteiger partial charge < -0.3 is 20.1 Å². The average molecular weight is 432 g/mol. The first-order valence-electron chi connectivity index (χ1n) is 10.4. The Labute approximate surface area is 186 Å². The smallest absolute Gasteiger partial charge is 0.350 e. The van der Waals surface area contributed by atoms with E-state index < -0.39 is 17.7 Å². The third-order valence-electron chi connectivity index (χ3n) is 5.23. The molecule has 0 spiro atoms. The summed E-state index contributed by atoms with van der Waals surface area (Å²) in [6, 6.07) is 17.3. The fourth-order valence-corrected chi connectivity index (χ4v) is 3.76. The summed E-state index contributed by atoms with van der Waals surface area (Å²) in [7, 11) is 0. The van der Waals surface area contributed by atoms with Gasteiger partial charge in [-0.25, -0.2) is 9.59 Å². The van der Waals surface area contributed by atoms with Crippen molar-refractivity contribution in [1.29, 1.82) is 0 Å². The van der Waals surface area contributed by atoms with Gasteiger partial charge in [0.05, 0.1) is 11.4 Å². The van der Waals surface area contributed by atoms with E-state index in [9.17, 15) is 14.4 Å². The van der Waals surface area contributed by atoms with Gasteiger partial charge in [0, 0.05) is 38.2 Å². The van der Waals surface area contributed by atoms with Crippen molar-refractivity contribution in [3.63, 3.8) is 0 Å². The molecule has 2 N–H and O–H groups in total. The van der Waals surface area contributed by atoms with Crippen molar-refractivity contribution >= 4 is 29.1 Å². The Morgan fingerprint density at radius 1 is 0.875 bits per heavy atom. The molecule has 2 aromatic carbocycles. The van der Waals surface area contributed by atoms with Gasteiger partial charge in [0.2, 0.25) is 0 Å². The van der Waals surface area contributed by atoms with Gasteiger partial charge in [0.15, 0.2) is 11.4 Å². The number of anilines is 2. The summed E-state index contributed by atoms with van der Waals surface area (Å²) < 4.78 is 10.2. The minimum Gasteiger partial charge on any atom is -0.419 e. The van der Waals surface area contributed by atoms with Crippen molar-refractivity contribution in [2.45, 2.75) is 38.4 Å². The molecule has 4 rings (SSSR count). The summed E-state index contributed by atoms with van der Waals surface area (Å²) in [4.78, 5) is 36.7. The van der Waals surface area contributed by atoms with E-state index in [0.717, 1.165) is 11.3 Å². The van der Waals surface area contributed by atoms with E-state index in [1.165, 1.54) is 20.0 Å². The molecule has 7 heteroatoms. The van der Waals surface area contributed by atoms with Crippen LogP contribution in [0.3, 0.4) is 0 Å². The second-order valence-corrected chi connectivity index (χ2v) is 8.20. The van der Waals surface area contributed by atoms with Gasteiger partial charge in [-0.15, -0.1) is 0 Å². The molecule has 7 nitrogen and oxygen atoms in total. The lowest BCUT2D eigenvalue weighted by Crippen LogP contribution is -2.42. The van der Waals surface area contributed by atoms with Crippen LogP contribution in [-0.4, -0.2) is 23.5 Å². The number of hydrogen-bond donors (Lipinski definition) is 2. The predicted octanol–water partition coefficient (Wildman–Crippen LogP) is 4.26. The number of hydrogen-bond acceptors (Lipinski definition) is 7. The summed E-state index contributed by atoms with van der Waals surface area (Å²) >= 11 is 0. The maximum atomic E-state index is 12.3. The minimum absolute atomic E-state index is 0.0653. The van der Waals surface area contributed by atoms with Crippen molar-refractivity contribution < 1.29 is 23.9 Å². The number of rotatable bonds is 5. The van der Waals surface area contributed by atoms with Crippen molar-refractivity contribution in [1.82, 2.24) is 0 Å². The summed E-state index contributed by atoms with van der Waals surface area (Å²) in [5, 5.41) is 6.30. The molecule has 32 heavy (non-hydrogen) atoms. The van der Waals surface area contributed by atoms with E-state index in [4.69, 9.17) is 9.47 Å². The van der Waals surface area contributed by atoms with Crippen LogP contribution in [0.2, 0.25) is 0 Å². The standard InChI is InChI=1S/C25H24N2O5/c1-25(2)31-23(29)20(24(30)32-25)15-26-21-10-6-7-11-22(21)27-18-12-17(13-19(28)14-18)16-8-4-3-5-9-16/h3-11,14-15,17,26-27H,12-13H2,1-2H3. The molecule has 0 aromatic heterocycles. The van der Waals surface area contributed by atoms with Gasteiger partial charge in [0.25, 0.3) is 5.79 Å². The van der Waals surface area contributed by atoms with Gasteiger partial charge >= 0.3 is 11.9 Å². The molecule has 1 unspecified atom stereocenters. The predicted molar refractivity (Wildman–Crippen MR) is 120 cm³/mol. The van der Waals surface area contributed by atoms with Crippen LogP contribution >= 0.6 is 0 Å². The number of ketones is 1. The second-order valence-electron chi connectivity index (χ2n) is 8.20. The zero-order valence-corrected chi connectivity index (χ0v) is 17.9. The van der Waals surface area contributed by atoms with Crippen LogP contribution in [-0.2, 0) is 23.9 Å². The highest BCUT2D eigenvalue weighted by Crippen LogP contribution is 2.33. The Bertz CT molecular complexity index is 1100. The van der Waals surface area contributed by atoms with Crippen LogP contribution in [0.15, 0.2) is 78.1 Å². The van der Waals surface area contributed by atoms with Gasteiger partial charge in [-0.2, -0.15) is 0 Å². The van der Waals surface area contributed by atoms with Gasteiger partial charge in [-0.1, -0.05) is 42.5 Å². The monoisotopic (exact) mass is 432 g/mol. The van der Waals surface area contributed by atoms with Crippen molar-refractivity contribution in [3.05, 3.63) is 83.7 Å². The number of ether oxygens (including phenoxy) is 2. The van der Waals surface area contributed by atoms with Crippen molar-refractivity contribution in [2.75, 3.05) is 10.6 Å². The quantitative estimate of drug-likeness (QED) is 0.414. The van der Waals surface area contributed by atoms with E-state index in [0.29, 0.717) is 24.2 Å². The van der Waals surface area contributed by atoms with Crippen LogP contribution < -0.4 is 10.6 Å². The highest BCUT2D eigenvalue weighted by Gasteiger charge is 2.39. The molecule has 164 valence electrons. The molecular formula is C25H24N2O5. The third kappa shape index (κ3) is 4.88. The zero-order valence-electron chi connectivity index (χ0n) is 17.9. The number of nitrogens with one attached hydrogen (secondary N) is 2. The third-order valence-corrected chi connectivity index (χ3v) is 5.23. The highest BCUT2D eigenvalue weighted by atomic mass is 16.7. The Morgan fingerprint density at radius 2 is 1.50 bits per heavy atom. The van der Waals surface area contributed by atoms with Crippen LogP contribution in [0.5, 0.6) is 0 Å². The molecule has 1 atom stereocenters. The van der Waals surface area contributed by atoms with E-state index in [-0.39, 0.29) is 17.3 Å². The van der Waals surface area contributed by atoms with Crippen LogP contribution in [0.4, 0.5) is 11.4 Å². The Balaban J connectivity index is 1.51. The van der Waals surface area contributed by atoms with Crippen LogP contribution in [0.25, 0.3) is 0 Å². The maximum absolute atomic E-state index is 12.3. The molecular weight excluding hydrogens is 408 g/mol. The minimum atomic E-state index is -1.29. The Hall–Kier alpha value is -3.87. The first kappa shape index (κ1) is 21.4. The lowest BCUT2D eigenvalue weighted by atomic mass is 9.85. The van der Waals surface area contributed by atoms with E-state index in [1.807, 2.05) is 48.5 Å². The second kappa shape index (κ2) is 8.70. The molecule has 0 radical (unpaired) electrons. The lowest BCUT2D eigenvalue weighted by Gasteiger charge is -2.29.